The van der Waals surface area contributed by atoms with E-state index >= 15 is 0 Å². The monoisotopic (exact) mass is 333 g/mol. The van der Waals surface area contributed by atoms with Crippen molar-refractivity contribution in [2.75, 3.05) is 7.05 Å². The summed E-state index contributed by atoms with van der Waals surface area (Å²) in [6.07, 6.45) is -0.138. The highest BCUT2D eigenvalue weighted by Gasteiger charge is 2.50. The minimum Gasteiger partial charge on any atom is -0.371 e. The smallest absolute Gasteiger partial charge is 0.323 e. The first-order chi connectivity index (χ1) is 12.2. The molecule has 0 saturated carbocycles. The van der Waals surface area contributed by atoms with Gasteiger partial charge in [-0.15, -0.1) is 0 Å². The van der Waals surface area contributed by atoms with Gasteiger partial charge in [0.2, 0.25) is 0 Å². The zero-order valence-electron chi connectivity index (χ0n) is 13.9. The van der Waals surface area contributed by atoms with Crippen LogP contribution in [0.4, 0.5) is 4.79 Å². The van der Waals surface area contributed by atoms with Gasteiger partial charge in [0.15, 0.2) is 6.23 Å². The van der Waals surface area contributed by atoms with Gasteiger partial charge in [0.1, 0.15) is 0 Å². The summed E-state index contributed by atoms with van der Waals surface area (Å²) in [7, 11) is 1.67. The van der Waals surface area contributed by atoms with Crippen LogP contribution in [0.2, 0.25) is 0 Å². The highest BCUT2D eigenvalue weighted by atomic mass is 16.3. The second-order valence-electron chi connectivity index (χ2n) is 6.86. The Bertz CT molecular complexity index is 965. The number of H-pyrrole nitrogens is 1. The van der Waals surface area contributed by atoms with Crippen molar-refractivity contribution < 1.29 is 9.90 Å². The van der Waals surface area contributed by atoms with E-state index in [9.17, 15) is 9.90 Å². The number of amides is 2. The lowest BCUT2D eigenvalue weighted by Gasteiger charge is -2.37. The molecule has 0 spiro atoms. The Morgan fingerprint density at radius 3 is 2.60 bits per heavy atom. The number of aromatic nitrogens is 1. The average Bonchev–Trinajstić information content (AvgIpc) is 3.12. The predicted octanol–water partition coefficient (Wildman–Crippen LogP) is 2.87. The van der Waals surface area contributed by atoms with E-state index in [-0.39, 0.29) is 18.1 Å². The number of likely N-dealkylation sites (N-methyl/N-ethyl adjacent to an activating group) is 1. The van der Waals surface area contributed by atoms with Crippen molar-refractivity contribution in [1.29, 1.82) is 0 Å². The second kappa shape index (κ2) is 5.10. The lowest BCUT2D eigenvalue weighted by atomic mass is 9.88. The standard InChI is InChI=1S/C20H19N3O2/c1-22-19(24)16-11-14-13-9-5-6-10-15(13)21-17(14)18(23(16)20(22)25)12-7-3-2-4-8-12/h2-10,16,18-19,21,24H,11H2,1H3. The summed E-state index contributed by atoms with van der Waals surface area (Å²) in [4.78, 5) is 19.6. The fraction of sp³-hybridized carbons (Fsp3) is 0.250. The molecule has 2 aromatic carbocycles. The van der Waals surface area contributed by atoms with Crippen molar-refractivity contribution in [3.63, 3.8) is 0 Å². The van der Waals surface area contributed by atoms with E-state index < -0.39 is 6.23 Å². The Hall–Kier alpha value is -2.79. The zero-order chi connectivity index (χ0) is 17.1. The van der Waals surface area contributed by atoms with Gasteiger partial charge in [0.25, 0.3) is 0 Å². The molecule has 5 rings (SSSR count). The van der Waals surface area contributed by atoms with Gasteiger partial charge in [-0.1, -0.05) is 48.5 Å². The number of urea groups is 1. The van der Waals surface area contributed by atoms with Gasteiger partial charge < -0.3 is 15.0 Å². The van der Waals surface area contributed by atoms with Crippen LogP contribution >= 0.6 is 0 Å². The van der Waals surface area contributed by atoms with Crippen molar-refractivity contribution in [2.45, 2.75) is 24.7 Å². The van der Waals surface area contributed by atoms with E-state index in [0.29, 0.717) is 6.42 Å². The van der Waals surface area contributed by atoms with Gasteiger partial charge in [0, 0.05) is 23.6 Å². The van der Waals surface area contributed by atoms with Crippen molar-refractivity contribution >= 4 is 16.9 Å². The topological polar surface area (TPSA) is 59.6 Å². The van der Waals surface area contributed by atoms with Crippen LogP contribution in [0.3, 0.4) is 0 Å². The number of carbonyl (C=O) groups excluding carboxylic acids is 1. The molecule has 126 valence electrons. The van der Waals surface area contributed by atoms with Gasteiger partial charge in [0.05, 0.1) is 12.1 Å². The Labute approximate surface area is 145 Å². The normalized spacial score (nSPS) is 25.4. The van der Waals surface area contributed by atoms with Crippen LogP contribution in [0.5, 0.6) is 0 Å². The van der Waals surface area contributed by atoms with Crippen LogP contribution < -0.4 is 0 Å². The molecule has 0 radical (unpaired) electrons. The first-order valence-corrected chi connectivity index (χ1v) is 8.54. The quantitative estimate of drug-likeness (QED) is 0.719. The maximum atomic E-state index is 12.8. The summed E-state index contributed by atoms with van der Waals surface area (Å²) < 4.78 is 0. The molecule has 2 amide bonds. The van der Waals surface area contributed by atoms with Gasteiger partial charge in [-0.3, -0.25) is 4.90 Å². The Kier molecular flexibility index (Phi) is 2.97. The molecular weight excluding hydrogens is 314 g/mol. The number of benzene rings is 2. The number of hydrogen-bond acceptors (Lipinski definition) is 2. The Morgan fingerprint density at radius 1 is 1.08 bits per heavy atom. The molecule has 2 N–H and O–H groups in total. The maximum Gasteiger partial charge on any atom is 0.323 e. The third-order valence-corrected chi connectivity index (χ3v) is 5.55. The number of aliphatic hydroxyl groups excluding tert-OH is 1. The van der Waals surface area contributed by atoms with Crippen molar-refractivity contribution in [3.8, 4) is 0 Å². The summed E-state index contributed by atoms with van der Waals surface area (Å²) in [5.74, 6) is 0. The summed E-state index contributed by atoms with van der Waals surface area (Å²) in [6.45, 7) is 0. The lowest BCUT2D eigenvalue weighted by Crippen LogP contribution is -2.45. The van der Waals surface area contributed by atoms with E-state index in [4.69, 9.17) is 0 Å². The minimum absolute atomic E-state index is 0.129. The molecule has 3 heterocycles. The summed E-state index contributed by atoms with van der Waals surface area (Å²) in [6, 6.07) is 17.7. The summed E-state index contributed by atoms with van der Waals surface area (Å²) >= 11 is 0. The van der Waals surface area contributed by atoms with E-state index in [1.165, 1.54) is 15.8 Å². The van der Waals surface area contributed by atoms with E-state index in [1.807, 2.05) is 47.4 Å². The molecule has 5 nitrogen and oxygen atoms in total. The Morgan fingerprint density at radius 2 is 1.80 bits per heavy atom. The molecule has 5 heteroatoms. The van der Waals surface area contributed by atoms with Gasteiger partial charge in [-0.05, 0) is 23.6 Å². The third-order valence-electron chi connectivity index (χ3n) is 5.55. The second-order valence-corrected chi connectivity index (χ2v) is 6.86. The van der Waals surface area contributed by atoms with Crippen LogP contribution in [0.1, 0.15) is 22.9 Å². The number of nitrogens with zero attached hydrogens (tertiary/aromatic N) is 2. The zero-order valence-corrected chi connectivity index (χ0v) is 13.9. The number of para-hydroxylation sites is 1. The van der Waals surface area contributed by atoms with Crippen molar-refractivity contribution in [3.05, 3.63) is 71.4 Å². The van der Waals surface area contributed by atoms with E-state index in [2.05, 4.69) is 17.1 Å². The molecular formula is C20H19N3O2. The van der Waals surface area contributed by atoms with Gasteiger partial charge in [-0.25, -0.2) is 4.79 Å². The highest BCUT2D eigenvalue weighted by Crippen LogP contribution is 2.44. The molecule has 1 aromatic heterocycles. The fourth-order valence-electron chi connectivity index (χ4n) is 4.33. The summed E-state index contributed by atoms with van der Waals surface area (Å²) in [5, 5.41) is 11.8. The number of hydrogen-bond donors (Lipinski definition) is 2. The largest absolute Gasteiger partial charge is 0.371 e. The molecule has 3 aromatic rings. The van der Waals surface area contributed by atoms with E-state index in [1.54, 1.807) is 7.05 Å². The summed E-state index contributed by atoms with van der Waals surface area (Å²) in [5.41, 5.74) is 4.38. The molecule has 1 saturated heterocycles. The molecule has 1 fully saturated rings. The average molecular weight is 333 g/mol. The number of aromatic amines is 1. The maximum absolute atomic E-state index is 12.8. The third kappa shape index (κ3) is 1.90. The number of nitrogens with one attached hydrogen (secondary N) is 1. The predicted molar refractivity (Wildman–Crippen MR) is 95.1 cm³/mol. The molecule has 0 aliphatic carbocycles. The first kappa shape index (κ1) is 14.5. The number of rotatable bonds is 1. The fourth-order valence-corrected chi connectivity index (χ4v) is 4.33. The highest BCUT2D eigenvalue weighted by molar-refractivity contribution is 5.87. The Balaban J connectivity index is 1.77. The van der Waals surface area contributed by atoms with Crippen LogP contribution in [0.15, 0.2) is 54.6 Å². The van der Waals surface area contributed by atoms with Gasteiger partial charge in [-0.2, -0.15) is 0 Å². The van der Waals surface area contributed by atoms with Crippen LogP contribution in [0, 0.1) is 0 Å². The van der Waals surface area contributed by atoms with Crippen LogP contribution in [0.25, 0.3) is 10.9 Å². The van der Waals surface area contributed by atoms with Crippen molar-refractivity contribution in [1.82, 2.24) is 14.8 Å². The van der Waals surface area contributed by atoms with E-state index in [0.717, 1.165) is 16.8 Å². The lowest BCUT2D eigenvalue weighted by molar-refractivity contribution is 0.0386. The molecule has 2 aliphatic heterocycles. The molecule has 0 bridgehead atoms. The van der Waals surface area contributed by atoms with Gasteiger partial charge >= 0.3 is 6.03 Å². The molecule has 3 unspecified atom stereocenters. The molecule has 2 aliphatic rings. The van der Waals surface area contributed by atoms with Crippen molar-refractivity contribution in [2.24, 2.45) is 0 Å². The van der Waals surface area contributed by atoms with Crippen LogP contribution in [-0.2, 0) is 6.42 Å². The minimum atomic E-state index is -0.791. The first-order valence-electron chi connectivity index (χ1n) is 8.54. The number of fused-ring (bicyclic) bond motifs is 4. The van der Waals surface area contributed by atoms with Crippen LogP contribution in [-0.4, -0.2) is 45.2 Å². The molecule has 25 heavy (non-hydrogen) atoms. The molecule has 3 atom stereocenters. The number of aliphatic hydroxyl groups is 1. The SMILES string of the molecule is CN1C(=O)N2C(c3ccccc3)c3[nH]c4ccccc4c3CC2C1O. The number of carbonyl (C=O) groups is 1.